The summed E-state index contributed by atoms with van der Waals surface area (Å²) in [5.41, 5.74) is 1.08. The minimum atomic E-state index is 0.0355. The predicted molar refractivity (Wildman–Crippen MR) is 64.3 cm³/mol. The van der Waals surface area contributed by atoms with Gasteiger partial charge in [-0.1, -0.05) is 0 Å². The third-order valence-electron chi connectivity index (χ3n) is 3.16. The topological polar surface area (TPSA) is 51.2 Å². The van der Waals surface area contributed by atoms with Crippen molar-refractivity contribution in [3.8, 4) is 0 Å². The number of pyridine rings is 1. The van der Waals surface area contributed by atoms with Crippen molar-refractivity contribution in [2.75, 3.05) is 13.2 Å². The Kier molecular flexibility index (Phi) is 4.09. The number of aromatic nitrogens is 1. The fourth-order valence-electron chi connectivity index (χ4n) is 2.03. The first kappa shape index (κ1) is 12.0. The third kappa shape index (κ3) is 3.27. The average molecular weight is 234 g/mol. The van der Waals surface area contributed by atoms with Crippen molar-refractivity contribution in [2.24, 2.45) is 5.92 Å². The number of carbonyl (C=O) groups is 1. The second-order valence-corrected chi connectivity index (χ2v) is 4.40. The van der Waals surface area contributed by atoms with Gasteiger partial charge in [-0.05, 0) is 37.5 Å². The molecule has 1 fully saturated rings. The molecule has 1 aromatic rings. The molecule has 2 rings (SSSR count). The maximum Gasteiger partial charge on any atom is 0.223 e. The fraction of sp³-hybridized carbons (Fsp3) is 0.538. The minimum absolute atomic E-state index is 0.0355. The number of hydrogen-bond donors (Lipinski definition) is 1. The van der Waals surface area contributed by atoms with Crippen molar-refractivity contribution in [3.63, 3.8) is 0 Å². The number of ether oxygens (including phenoxy) is 1. The maximum atomic E-state index is 12.0. The number of nitrogens with one attached hydrogen (secondary N) is 1. The van der Waals surface area contributed by atoms with Crippen molar-refractivity contribution in [1.29, 1.82) is 0 Å². The fourth-order valence-corrected chi connectivity index (χ4v) is 2.03. The lowest BCUT2D eigenvalue weighted by molar-refractivity contribution is -0.128. The van der Waals surface area contributed by atoms with Crippen LogP contribution in [-0.2, 0) is 9.53 Å². The Morgan fingerprint density at radius 1 is 1.41 bits per heavy atom. The molecule has 0 aliphatic carbocycles. The Bertz CT molecular complexity index is 361. The maximum absolute atomic E-state index is 12.0. The van der Waals surface area contributed by atoms with Gasteiger partial charge in [0.2, 0.25) is 5.91 Å². The Morgan fingerprint density at radius 2 is 2.06 bits per heavy atom. The molecule has 0 radical (unpaired) electrons. The molecule has 4 nitrogen and oxygen atoms in total. The van der Waals surface area contributed by atoms with Crippen LogP contribution < -0.4 is 5.32 Å². The van der Waals surface area contributed by atoms with Crippen LogP contribution in [0, 0.1) is 5.92 Å². The van der Waals surface area contributed by atoms with Gasteiger partial charge in [-0.3, -0.25) is 9.78 Å². The molecular formula is C13H18N2O2. The molecule has 0 spiro atoms. The van der Waals surface area contributed by atoms with E-state index in [0.29, 0.717) is 13.2 Å². The van der Waals surface area contributed by atoms with Gasteiger partial charge in [0.25, 0.3) is 0 Å². The van der Waals surface area contributed by atoms with Crippen LogP contribution >= 0.6 is 0 Å². The number of rotatable bonds is 3. The largest absolute Gasteiger partial charge is 0.381 e. The Morgan fingerprint density at radius 3 is 2.71 bits per heavy atom. The SMILES string of the molecule is C[C@@H](NC(=O)C1CCOCC1)c1ccncc1. The van der Waals surface area contributed by atoms with Crippen LogP contribution in [-0.4, -0.2) is 24.1 Å². The molecule has 4 heteroatoms. The van der Waals surface area contributed by atoms with Gasteiger partial charge in [0.15, 0.2) is 0 Å². The molecule has 92 valence electrons. The van der Waals surface area contributed by atoms with E-state index in [2.05, 4.69) is 10.3 Å². The normalized spacial score (nSPS) is 18.6. The second kappa shape index (κ2) is 5.77. The summed E-state index contributed by atoms with van der Waals surface area (Å²) >= 11 is 0. The highest BCUT2D eigenvalue weighted by atomic mass is 16.5. The van der Waals surface area contributed by atoms with Crippen molar-refractivity contribution in [2.45, 2.75) is 25.8 Å². The molecule has 2 heterocycles. The summed E-state index contributed by atoms with van der Waals surface area (Å²) in [6.07, 6.45) is 5.14. The van der Waals surface area contributed by atoms with E-state index in [0.717, 1.165) is 18.4 Å². The quantitative estimate of drug-likeness (QED) is 0.865. The first-order valence-electron chi connectivity index (χ1n) is 6.05. The first-order valence-corrected chi connectivity index (χ1v) is 6.05. The highest BCUT2D eigenvalue weighted by molar-refractivity contribution is 5.79. The lowest BCUT2D eigenvalue weighted by Gasteiger charge is -2.23. The van der Waals surface area contributed by atoms with Crippen LogP contribution in [0.1, 0.15) is 31.4 Å². The summed E-state index contributed by atoms with van der Waals surface area (Å²) in [5, 5.41) is 3.04. The minimum Gasteiger partial charge on any atom is -0.381 e. The van der Waals surface area contributed by atoms with Crippen molar-refractivity contribution in [3.05, 3.63) is 30.1 Å². The molecule has 0 aromatic carbocycles. The molecule has 0 bridgehead atoms. The summed E-state index contributed by atoms with van der Waals surface area (Å²) in [6, 6.07) is 3.89. The smallest absolute Gasteiger partial charge is 0.223 e. The Hall–Kier alpha value is -1.42. The molecule has 1 amide bonds. The molecule has 1 aliphatic heterocycles. The van der Waals surface area contributed by atoms with E-state index in [9.17, 15) is 4.79 Å². The van der Waals surface area contributed by atoms with E-state index in [1.807, 2.05) is 19.1 Å². The summed E-state index contributed by atoms with van der Waals surface area (Å²) < 4.78 is 5.25. The lowest BCUT2D eigenvalue weighted by Crippen LogP contribution is -2.35. The molecular weight excluding hydrogens is 216 g/mol. The highest BCUT2D eigenvalue weighted by Crippen LogP contribution is 2.17. The zero-order chi connectivity index (χ0) is 12.1. The van der Waals surface area contributed by atoms with Crippen LogP contribution in [0.3, 0.4) is 0 Å². The van der Waals surface area contributed by atoms with E-state index in [1.54, 1.807) is 12.4 Å². The average Bonchev–Trinajstić information content (AvgIpc) is 2.40. The Balaban J connectivity index is 1.89. The number of hydrogen-bond acceptors (Lipinski definition) is 3. The molecule has 0 unspecified atom stereocenters. The number of carbonyl (C=O) groups excluding carboxylic acids is 1. The lowest BCUT2D eigenvalue weighted by atomic mass is 9.98. The van der Waals surface area contributed by atoms with Crippen LogP contribution in [0.25, 0.3) is 0 Å². The van der Waals surface area contributed by atoms with Crippen molar-refractivity contribution >= 4 is 5.91 Å². The van der Waals surface area contributed by atoms with E-state index in [4.69, 9.17) is 4.74 Å². The first-order chi connectivity index (χ1) is 8.27. The molecule has 1 N–H and O–H groups in total. The molecule has 1 saturated heterocycles. The number of amides is 1. The molecule has 1 atom stereocenters. The van der Waals surface area contributed by atoms with Gasteiger partial charge in [-0.25, -0.2) is 0 Å². The highest BCUT2D eigenvalue weighted by Gasteiger charge is 2.22. The van der Waals surface area contributed by atoms with Crippen LogP contribution in [0.5, 0.6) is 0 Å². The Labute approximate surface area is 101 Å². The van der Waals surface area contributed by atoms with Gasteiger partial charge in [0, 0.05) is 31.5 Å². The molecule has 17 heavy (non-hydrogen) atoms. The molecule has 0 saturated carbocycles. The zero-order valence-corrected chi connectivity index (χ0v) is 10.1. The van der Waals surface area contributed by atoms with Gasteiger partial charge < -0.3 is 10.1 Å². The summed E-state index contributed by atoms with van der Waals surface area (Å²) in [7, 11) is 0. The van der Waals surface area contributed by atoms with Gasteiger partial charge in [-0.15, -0.1) is 0 Å². The monoisotopic (exact) mass is 234 g/mol. The summed E-state index contributed by atoms with van der Waals surface area (Å²) in [4.78, 5) is 16.0. The third-order valence-corrected chi connectivity index (χ3v) is 3.16. The second-order valence-electron chi connectivity index (χ2n) is 4.40. The van der Waals surface area contributed by atoms with Gasteiger partial charge in [0.05, 0.1) is 6.04 Å². The van der Waals surface area contributed by atoms with E-state index in [-0.39, 0.29) is 17.9 Å². The van der Waals surface area contributed by atoms with Crippen LogP contribution in [0.2, 0.25) is 0 Å². The van der Waals surface area contributed by atoms with Crippen molar-refractivity contribution < 1.29 is 9.53 Å². The zero-order valence-electron chi connectivity index (χ0n) is 10.1. The van der Waals surface area contributed by atoms with Crippen molar-refractivity contribution in [1.82, 2.24) is 10.3 Å². The summed E-state index contributed by atoms with van der Waals surface area (Å²) in [6.45, 7) is 3.38. The van der Waals surface area contributed by atoms with E-state index in [1.165, 1.54) is 0 Å². The van der Waals surface area contributed by atoms with Crippen LogP contribution in [0.4, 0.5) is 0 Å². The van der Waals surface area contributed by atoms with Gasteiger partial charge >= 0.3 is 0 Å². The van der Waals surface area contributed by atoms with E-state index < -0.39 is 0 Å². The van der Waals surface area contributed by atoms with E-state index >= 15 is 0 Å². The molecule has 1 aromatic heterocycles. The van der Waals surface area contributed by atoms with Crippen LogP contribution in [0.15, 0.2) is 24.5 Å². The van der Waals surface area contributed by atoms with Gasteiger partial charge in [0.1, 0.15) is 0 Å². The van der Waals surface area contributed by atoms with Gasteiger partial charge in [-0.2, -0.15) is 0 Å². The standard InChI is InChI=1S/C13H18N2O2/c1-10(11-2-6-14-7-3-11)15-13(16)12-4-8-17-9-5-12/h2-3,6-7,10,12H,4-5,8-9H2,1H3,(H,15,16)/t10-/m1/s1. The summed E-state index contributed by atoms with van der Waals surface area (Å²) in [5.74, 6) is 0.241. The predicted octanol–water partition coefficient (Wildman–Crippen LogP) is 1.69. The number of nitrogens with zero attached hydrogens (tertiary/aromatic N) is 1. The molecule has 1 aliphatic rings.